The van der Waals surface area contributed by atoms with Crippen molar-refractivity contribution >= 4 is 28.6 Å². The van der Waals surface area contributed by atoms with Gasteiger partial charge >= 0.3 is 0 Å². The van der Waals surface area contributed by atoms with Crippen LogP contribution in [-0.4, -0.2) is 71.9 Å². The monoisotopic (exact) mass is 464 g/mol. The van der Waals surface area contributed by atoms with Crippen LogP contribution in [0.5, 0.6) is 11.6 Å². The molecule has 0 aliphatic heterocycles. The molecule has 4 aromatic rings. The van der Waals surface area contributed by atoms with Crippen molar-refractivity contribution in [3.8, 4) is 22.8 Å². The standard InChI is InChI=1S/C24H28N6O4/c1-29(2)23(31)15-6-7-18(19(12-15)33-5)26-24-27-21-20(22(28-24)34-11-10-32-4)17(13-25-21)16-8-9-30(3)14-16/h6-9,12-14H,10-11H2,1-5H3,(H2,25,26,27,28). The third-order valence-corrected chi connectivity index (χ3v) is 5.27. The van der Waals surface area contributed by atoms with Gasteiger partial charge in [-0.15, -0.1) is 0 Å². The number of H-pyrrole nitrogens is 1. The maximum atomic E-state index is 12.3. The van der Waals surface area contributed by atoms with E-state index in [4.69, 9.17) is 14.2 Å². The highest BCUT2D eigenvalue weighted by molar-refractivity contribution is 5.98. The van der Waals surface area contributed by atoms with Gasteiger partial charge in [0, 0.05) is 63.5 Å². The molecule has 0 bridgehead atoms. The Kier molecular flexibility index (Phi) is 6.69. The van der Waals surface area contributed by atoms with Crippen LogP contribution in [0.3, 0.4) is 0 Å². The van der Waals surface area contributed by atoms with Crippen molar-refractivity contribution in [1.29, 1.82) is 0 Å². The van der Waals surface area contributed by atoms with E-state index in [1.54, 1.807) is 46.5 Å². The van der Waals surface area contributed by atoms with Crippen LogP contribution in [0.15, 0.2) is 42.9 Å². The normalized spacial score (nSPS) is 11.0. The van der Waals surface area contributed by atoms with Crippen LogP contribution in [0, 0.1) is 0 Å². The summed E-state index contributed by atoms with van der Waals surface area (Å²) in [7, 11) is 8.54. The van der Waals surface area contributed by atoms with Gasteiger partial charge in [-0.1, -0.05) is 0 Å². The quantitative estimate of drug-likeness (QED) is 0.366. The fourth-order valence-corrected chi connectivity index (χ4v) is 3.58. The number of aromatic amines is 1. The summed E-state index contributed by atoms with van der Waals surface area (Å²) in [6, 6.07) is 7.19. The Morgan fingerprint density at radius 1 is 1.18 bits per heavy atom. The van der Waals surface area contributed by atoms with Crippen LogP contribution in [0.4, 0.5) is 11.6 Å². The predicted octanol–water partition coefficient (Wildman–Crippen LogP) is 3.44. The number of nitrogens with zero attached hydrogens (tertiary/aromatic N) is 4. The molecule has 0 aliphatic rings. The Bertz CT molecular complexity index is 1310. The molecule has 0 fully saturated rings. The fraction of sp³-hybridized carbons (Fsp3) is 0.292. The molecule has 0 atom stereocenters. The Labute approximate surface area is 197 Å². The highest BCUT2D eigenvalue weighted by atomic mass is 16.5. The summed E-state index contributed by atoms with van der Waals surface area (Å²) in [6.45, 7) is 0.765. The summed E-state index contributed by atoms with van der Waals surface area (Å²) in [6.07, 6.45) is 5.90. The number of anilines is 2. The number of carbonyl (C=O) groups excluding carboxylic acids is 1. The van der Waals surface area contributed by atoms with E-state index in [1.165, 1.54) is 4.90 Å². The molecule has 0 saturated carbocycles. The van der Waals surface area contributed by atoms with Crippen molar-refractivity contribution in [2.24, 2.45) is 7.05 Å². The average molecular weight is 465 g/mol. The fourth-order valence-electron chi connectivity index (χ4n) is 3.58. The van der Waals surface area contributed by atoms with E-state index in [0.29, 0.717) is 47.7 Å². The first-order valence-corrected chi connectivity index (χ1v) is 10.7. The SMILES string of the molecule is COCCOc1nc(Nc2ccc(C(=O)N(C)C)cc2OC)nc2[nH]cc(-c3ccn(C)c3)c12. The van der Waals surface area contributed by atoms with Crippen molar-refractivity contribution in [2.45, 2.75) is 0 Å². The van der Waals surface area contributed by atoms with Crippen molar-refractivity contribution in [3.63, 3.8) is 0 Å². The van der Waals surface area contributed by atoms with Gasteiger partial charge < -0.3 is 34.0 Å². The van der Waals surface area contributed by atoms with Crippen LogP contribution in [0.2, 0.25) is 0 Å². The first kappa shape index (κ1) is 23.1. The molecule has 2 N–H and O–H groups in total. The van der Waals surface area contributed by atoms with Crippen LogP contribution in [0.25, 0.3) is 22.2 Å². The molecule has 3 heterocycles. The van der Waals surface area contributed by atoms with Gasteiger partial charge in [-0.2, -0.15) is 9.97 Å². The number of ether oxygens (including phenoxy) is 3. The molecule has 0 aliphatic carbocycles. The van der Waals surface area contributed by atoms with Crippen LogP contribution in [0.1, 0.15) is 10.4 Å². The number of nitrogens with one attached hydrogen (secondary N) is 2. The van der Waals surface area contributed by atoms with Crippen molar-refractivity contribution in [3.05, 3.63) is 48.4 Å². The van der Waals surface area contributed by atoms with Crippen LogP contribution >= 0.6 is 0 Å². The minimum absolute atomic E-state index is 0.115. The minimum atomic E-state index is -0.115. The predicted molar refractivity (Wildman–Crippen MR) is 130 cm³/mol. The third kappa shape index (κ3) is 4.67. The minimum Gasteiger partial charge on any atom is -0.495 e. The topological polar surface area (TPSA) is 107 Å². The lowest BCUT2D eigenvalue weighted by Crippen LogP contribution is -2.21. The van der Waals surface area contributed by atoms with Crippen LogP contribution in [-0.2, 0) is 11.8 Å². The van der Waals surface area contributed by atoms with E-state index in [-0.39, 0.29) is 5.91 Å². The summed E-state index contributed by atoms with van der Waals surface area (Å²) >= 11 is 0. The Hall–Kier alpha value is -4.05. The average Bonchev–Trinajstić information content (AvgIpc) is 3.45. The highest BCUT2D eigenvalue weighted by Crippen LogP contribution is 2.36. The number of amides is 1. The van der Waals surface area contributed by atoms with Gasteiger partial charge in [0.25, 0.3) is 5.91 Å². The molecule has 10 heteroatoms. The Balaban J connectivity index is 1.73. The number of carbonyl (C=O) groups is 1. The first-order chi connectivity index (χ1) is 16.4. The van der Waals surface area contributed by atoms with E-state index < -0.39 is 0 Å². The van der Waals surface area contributed by atoms with Gasteiger partial charge in [0.1, 0.15) is 18.0 Å². The number of rotatable bonds is 9. The number of aryl methyl sites for hydroxylation is 1. The number of hydrogen-bond acceptors (Lipinski definition) is 7. The van der Waals surface area contributed by atoms with Gasteiger partial charge in [0.05, 0.1) is 24.8 Å². The second-order valence-corrected chi connectivity index (χ2v) is 7.92. The molecule has 1 aromatic carbocycles. The summed E-state index contributed by atoms with van der Waals surface area (Å²) in [5.74, 6) is 1.14. The molecular weight excluding hydrogens is 436 g/mol. The largest absolute Gasteiger partial charge is 0.495 e. The number of hydrogen-bond donors (Lipinski definition) is 2. The second kappa shape index (κ2) is 9.84. The molecule has 0 spiro atoms. The molecular formula is C24H28N6O4. The van der Waals surface area contributed by atoms with E-state index in [1.807, 2.05) is 36.3 Å². The molecule has 10 nitrogen and oxygen atoms in total. The third-order valence-electron chi connectivity index (χ3n) is 5.27. The summed E-state index contributed by atoms with van der Waals surface area (Å²) in [5.41, 5.74) is 3.73. The lowest BCUT2D eigenvalue weighted by Gasteiger charge is -2.15. The summed E-state index contributed by atoms with van der Waals surface area (Å²) in [4.78, 5) is 26.3. The number of methoxy groups -OCH3 is 2. The molecule has 1 amide bonds. The summed E-state index contributed by atoms with van der Waals surface area (Å²) < 4.78 is 18.6. The van der Waals surface area contributed by atoms with Gasteiger partial charge in [-0.3, -0.25) is 4.79 Å². The highest BCUT2D eigenvalue weighted by Gasteiger charge is 2.18. The van der Waals surface area contributed by atoms with Gasteiger partial charge in [0.2, 0.25) is 11.8 Å². The van der Waals surface area contributed by atoms with E-state index >= 15 is 0 Å². The molecule has 0 radical (unpaired) electrons. The molecule has 178 valence electrons. The first-order valence-electron chi connectivity index (χ1n) is 10.7. The van der Waals surface area contributed by atoms with Crippen molar-refractivity contribution in [1.82, 2.24) is 24.4 Å². The van der Waals surface area contributed by atoms with Crippen LogP contribution < -0.4 is 14.8 Å². The molecule has 0 unspecified atom stereocenters. The maximum Gasteiger partial charge on any atom is 0.253 e. The Morgan fingerprint density at radius 2 is 2.00 bits per heavy atom. The van der Waals surface area contributed by atoms with Gasteiger partial charge in [-0.25, -0.2) is 0 Å². The summed E-state index contributed by atoms with van der Waals surface area (Å²) in [5, 5.41) is 3.97. The number of benzene rings is 1. The van der Waals surface area contributed by atoms with E-state index in [2.05, 4.69) is 20.3 Å². The lowest BCUT2D eigenvalue weighted by molar-refractivity contribution is 0.0827. The van der Waals surface area contributed by atoms with Crippen molar-refractivity contribution in [2.75, 3.05) is 46.8 Å². The molecule has 34 heavy (non-hydrogen) atoms. The zero-order valence-corrected chi connectivity index (χ0v) is 19.9. The number of fused-ring (bicyclic) bond motifs is 1. The van der Waals surface area contributed by atoms with Gasteiger partial charge in [-0.05, 0) is 24.3 Å². The molecule has 0 saturated heterocycles. The lowest BCUT2D eigenvalue weighted by atomic mass is 10.1. The van der Waals surface area contributed by atoms with E-state index in [0.717, 1.165) is 16.5 Å². The second-order valence-electron chi connectivity index (χ2n) is 7.92. The Morgan fingerprint density at radius 3 is 2.68 bits per heavy atom. The molecule has 4 rings (SSSR count). The number of aromatic nitrogens is 4. The maximum absolute atomic E-state index is 12.3. The zero-order valence-electron chi connectivity index (χ0n) is 19.9. The van der Waals surface area contributed by atoms with E-state index in [9.17, 15) is 4.79 Å². The van der Waals surface area contributed by atoms with Gasteiger partial charge in [0.15, 0.2) is 0 Å². The smallest absolute Gasteiger partial charge is 0.253 e. The molecule has 3 aromatic heterocycles. The zero-order chi connectivity index (χ0) is 24.2. The van der Waals surface area contributed by atoms with Crippen molar-refractivity contribution < 1.29 is 19.0 Å².